The van der Waals surface area contributed by atoms with Crippen molar-refractivity contribution in [1.29, 1.82) is 0 Å². The summed E-state index contributed by atoms with van der Waals surface area (Å²) in [5.74, 6) is -0.644. The van der Waals surface area contributed by atoms with E-state index in [9.17, 15) is 9.59 Å². The van der Waals surface area contributed by atoms with Crippen LogP contribution in [0.5, 0.6) is 5.75 Å². The Kier molecular flexibility index (Phi) is 5.58. The fraction of sp³-hybridized carbons (Fsp3) is 0.208. The zero-order valence-corrected chi connectivity index (χ0v) is 17.5. The van der Waals surface area contributed by atoms with E-state index in [0.717, 1.165) is 16.8 Å². The molecule has 0 bridgehead atoms. The van der Waals surface area contributed by atoms with E-state index in [4.69, 9.17) is 10.5 Å². The second kappa shape index (κ2) is 8.47. The molecule has 3 heterocycles. The number of nitrogens with two attached hydrogens (primary N) is 1. The van der Waals surface area contributed by atoms with Crippen molar-refractivity contribution in [3.8, 4) is 5.75 Å². The van der Waals surface area contributed by atoms with Gasteiger partial charge in [0.05, 0.1) is 23.6 Å². The highest BCUT2D eigenvalue weighted by atomic mass is 16.5. The van der Waals surface area contributed by atoms with Gasteiger partial charge in [0.2, 0.25) is 5.88 Å². The van der Waals surface area contributed by atoms with Crippen molar-refractivity contribution in [3.63, 3.8) is 0 Å². The van der Waals surface area contributed by atoms with E-state index in [0.29, 0.717) is 24.4 Å². The number of nitrogens with one attached hydrogen (secondary N) is 1. The van der Waals surface area contributed by atoms with E-state index >= 15 is 0 Å². The summed E-state index contributed by atoms with van der Waals surface area (Å²) in [4.78, 5) is 30.7. The van der Waals surface area contributed by atoms with Crippen molar-refractivity contribution >= 4 is 5.91 Å². The first-order valence-electron chi connectivity index (χ1n) is 10.1. The lowest BCUT2D eigenvalue weighted by Gasteiger charge is -2.29. The van der Waals surface area contributed by atoms with Crippen LogP contribution in [0, 0.1) is 6.92 Å². The van der Waals surface area contributed by atoms with Gasteiger partial charge in [-0.3, -0.25) is 14.6 Å². The molecule has 0 spiro atoms. The molecule has 7 nitrogen and oxygen atoms in total. The lowest BCUT2D eigenvalue weighted by atomic mass is 9.83. The molecule has 2 aromatic heterocycles. The van der Waals surface area contributed by atoms with Gasteiger partial charge in [-0.05, 0) is 37.1 Å². The van der Waals surface area contributed by atoms with Gasteiger partial charge in [0.15, 0.2) is 0 Å². The second-order valence-electron chi connectivity index (χ2n) is 7.39. The van der Waals surface area contributed by atoms with Crippen molar-refractivity contribution in [2.45, 2.75) is 26.3 Å². The molecule has 1 aromatic carbocycles. The number of amides is 1. The minimum atomic E-state index is -0.659. The van der Waals surface area contributed by atoms with Crippen LogP contribution in [0.25, 0.3) is 0 Å². The molecule has 0 saturated carbocycles. The predicted molar refractivity (Wildman–Crippen MR) is 118 cm³/mol. The molecular weight excluding hydrogens is 392 g/mol. The Morgan fingerprint density at radius 1 is 1.19 bits per heavy atom. The molecule has 0 fully saturated rings. The van der Waals surface area contributed by atoms with Crippen LogP contribution in [-0.4, -0.2) is 22.0 Å². The number of carbonyl (C=O) groups excluding carboxylic acids is 1. The fourth-order valence-electron chi connectivity index (χ4n) is 3.92. The number of aryl methyl sites for hydroxylation is 1. The van der Waals surface area contributed by atoms with Crippen LogP contribution in [0.4, 0.5) is 0 Å². The fourth-order valence-corrected chi connectivity index (χ4v) is 3.92. The number of aromatic nitrogens is 2. The highest BCUT2D eigenvalue weighted by molar-refractivity contribution is 5.96. The SMILES string of the molecule is CCNC(=O)C1=C(N)Oc2cc(C)n(Cc3ccccc3)c(=O)c2[C@H]1c1ccncc1. The van der Waals surface area contributed by atoms with Gasteiger partial charge in [0.25, 0.3) is 11.5 Å². The predicted octanol–water partition coefficient (Wildman–Crippen LogP) is 2.43. The van der Waals surface area contributed by atoms with E-state index in [1.165, 1.54) is 0 Å². The normalized spacial score (nSPS) is 15.2. The van der Waals surface area contributed by atoms with Gasteiger partial charge in [-0.2, -0.15) is 0 Å². The quantitative estimate of drug-likeness (QED) is 0.666. The van der Waals surface area contributed by atoms with Gasteiger partial charge in [-0.25, -0.2) is 0 Å². The standard InChI is InChI=1S/C24H24N4O3/c1-3-27-23(29)21-19(17-9-11-26-12-10-17)20-18(31-22(21)25)13-15(2)28(24(20)30)14-16-7-5-4-6-8-16/h4-13,19H,3,14,25H2,1-2H3,(H,27,29)/t19-/m1/s1. The molecule has 0 radical (unpaired) electrons. The highest BCUT2D eigenvalue weighted by Crippen LogP contribution is 2.40. The summed E-state index contributed by atoms with van der Waals surface area (Å²) in [5.41, 5.74) is 9.09. The number of nitrogens with zero attached hydrogens (tertiary/aromatic N) is 2. The van der Waals surface area contributed by atoms with Crippen LogP contribution in [0.15, 0.2) is 77.2 Å². The summed E-state index contributed by atoms with van der Waals surface area (Å²) >= 11 is 0. The van der Waals surface area contributed by atoms with Crippen molar-refractivity contribution < 1.29 is 9.53 Å². The Hall–Kier alpha value is -3.87. The largest absolute Gasteiger partial charge is 0.440 e. The number of carbonyl (C=O) groups is 1. The molecule has 4 rings (SSSR count). The Labute approximate surface area is 180 Å². The highest BCUT2D eigenvalue weighted by Gasteiger charge is 2.37. The Morgan fingerprint density at radius 3 is 2.58 bits per heavy atom. The number of rotatable bonds is 5. The van der Waals surface area contributed by atoms with Gasteiger partial charge in [-0.15, -0.1) is 0 Å². The van der Waals surface area contributed by atoms with Crippen molar-refractivity contribution in [2.75, 3.05) is 6.54 Å². The smallest absolute Gasteiger partial charge is 0.258 e. The van der Waals surface area contributed by atoms with E-state index in [-0.39, 0.29) is 22.9 Å². The number of hydrogen-bond donors (Lipinski definition) is 2. The molecule has 158 valence electrons. The molecule has 1 atom stereocenters. The van der Waals surface area contributed by atoms with Crippen LogP contribution in [0.2, 0.25) is 0 Å². The summed E-state index contributed by atoms with van der Waals surface area (Å²) in [7, 11) is 0. The first-order valence-corrected chi connectivity index (χ1v) is 10.1. The monoisotopic (exact) mass is 416 g/mol. The maximum absolute atomic E-state index is 13.7. The summed E-state index contributed by atoms with van der Waals surface area (Å²) in [5, 5.41) is 2.78. The third kappa shape index (κ3) is 3.82. The van der Waals surface area contributed by atoms with Crippen LogP contribution < -0.4 is 21.3 Å². The molecular formula is C24H24N4O3. The number of ether oxygens (including phenoxy) is 1. The third-order valence-electron chi connectivity index (χ3n) is 5.37. The molecule has 7 heteroatoms. The zero-order valence-electron chi connectivity index (χ0n) is 17.5. The van der Waals surface area contributed by atoms with E-state index < -0.39 is 5.92 Å². The number of benzene rings is 1. The minimum Gasteiger partial charge on any atom is -0.440 e. The summed E-state index contributed by atoms with van der Waals surface area (Å²) in [6.07, 6.45) is 3.26. The van der Waals surface area contributed by atoms with Crippen LogP contribution in [-0.2, 0) is 11.3 Å². The molecule has 3 N–H and O–H groups in total. The Morgan fingerprint density at radius 2 is 1.90 bits per heavy atom. The molecule has 0 aliphatic carbocycles. The Balaban J connectivity index is 1.92. The van der Waals surface area contributed by atoms with Gasteiger partial charge >= 0.3 is 0 Å². The van der Waals surface area contributed by atoms with E-state index in [1.807, 2.05) is 44.2 Å². The Bertz CT molecular complexity index is 1200. The summed E-state index contributed by atoms with van der Waals surface area (Å²) in [6, 6.07) is 15.1. The molecule has 1 aliphatic rings. The van der Waals surface area contributed by atoms with E-state index in [2.05, 4.69) is 10.3 Å². The number of pyridine rings is 2. The van der Waals surface area contributed by atoms with Gasteiger partial charge in [-0.1, -0.05) is 30.3 Å². The number of fused-ring (bicyclic) bond motifs is 1. The summed E-state index contributed by atoms with van der Waals surface area (Å²) < 4.78 is 7.50. The molecule has 3 aromatic rings. The maximum atomic E-state index is 13.7. The van der Waals surface area contributed by atoms with Crippen LogP contribution in [0.3, 0.4) is 0 Å². The van der Waals surface area contributed by atoms with Crippen LogP contribution >= 0.6 is 0 Å². The lowest BCUT2D eigenvalue weighted by Crippen LogP contribution is -2.38. The van der Waals surface area contributed by atoms with E-state index in [1.54, 1.807) is 35.2 Å². The topological polar surface area (TPSA) is 99.2 Å². The molecule has 1 amide bonds. The molecule has 1 aliphatic heterocycles. The van der Waals surface area contributed by atoms with Crippen LogP contribution in [0.1, 0.15) is 35.2 Å². The number of hydrogen-bond acceptors (Lipinski definition) is 5. The van der Waals surface area contributed by atoms with Gasteiger partial charge < -0.3 is 20.4 Å². The average Bonchev–Trinajstić information content (AvgIpc) is 2.77. The van der Waals surface area contributed by atoms with Gasteiger partial charge in [0.1, 0.15) is 5.75 Å². The number of likely N-dealkylation sites (N-methyl/N-ethyl adjacent to an activating group) is 1. The maximum Gasteiger partial charge on any atom is 0.258 e. The first kappa shape index (κ1) is 20.4. The van der Waals surface area contributed by atoms with Gasteiger partial charge in [0, 0.05) is 30.7 Å². The molecule has 0 saturated heterocycles. The zero-order chi connectivity index (χ0) is 22.0. The lowest BCUT2D eigenvalue weighted by molar-refractivity contribution is -0.117. The van der Waals surface area contributed by atoms with Crippen molar-refractivity contribution in [1.82, 2.24) is 14.9 Å². The van der Waals surface area contributed by atoms with Crippen molar-refractivity contribution in [3.05, 3.63) is 105 Å². The molecule has 31 heavy (non-hydrogen) atoms. The average molecular weight is 416 g/mol. The van der Waals surface area contributed by atoms with Crippen molar-refractivity contribution in [2.24, 2.45) is 5.73 Å². The molecule has 0 unspecified atom stereocenters. The first-order chi connectivity index (χ1) is 15.0. The summed E-state index contributed by atoms with van der Waals surface area (Å²) in [6.45, 7) is 4.52. The second-order valence-corrected chi connectivity index (χ2v) is 7.39. The third-order valence-corrected chi connectivity index (χ3v) is 5.37. The minimum absolute atomic E-state index is 0.000119.